The molecule has 0 bridgehead atoms. The summed E-state index contributed by atoms with van der Waals surface area (Å²) in [5.41, 5.74) is 0. The molecule has 0 aromatic heterocycles. The van der Waals surface area contributed by atoms with Gasteiger partial charge in [0.05, 0.1) is 10.8 Å². The largest absolute Gasteiger partial charge is 0.259 e. The molecule has 0 saturated carbocycles. The smallest absolute Gasteiger partial charge is 0.104 e. The molecule has 4 heteroatoms. The summed E-state index contributed by atoms with van der Waals surface area (Å²) in [5.74, 6) is 0. The first-order valence-corrected chi connectivity index (χ1v) is 6.48. The molecule has 1 aromatic rings. The van der Waals surface area contributed by atoms with Crippen molar-refractivity contribution in [1.29, 1.82) is 0 Å². The predicted octanol–water partition coefficient (Wildman–Crippen LogP) is 1.13. The predicted molar refractivity (Wildman–Crippen MR) is 51.8 cm³/mol. The fourth-order valence-electron chi connectivity index (χ4n) is 0.791. The van der Waals surface area contributed by atoms with Gasteiger partial charge in [0.25, 0.3) is 0 Å². The molecular weight excluding hydrogens is 192 g/mol. The average Bonchev–Trinajstić information content (AvgIpc) is 2.05. The first kappa shape index (κ1) is 9.61. The first-order valence-electron chi connectivity index (χ1n) is 3.43. The van der Waals surface area contributed by atoms with Crippen LogP contribution >= 0.6 is 0 Å². The molecule has 0 aliphatic heterocycles. The van der Waals surface area contributed by atoms with Crippen LogP contribution in [-0.2, 0) is 21.6 Å². The van der Waals surface area contributed by atoms with Gasteiger partial charge in [-0.05, 0) is 12.1 Å². The van der Waals surface area contributed by atoms with Crippen molar-refractivity contribution in [3.05, 3.63) is 30.3 Å². The molecule has 1 aromatic carbocycles. The van der Waals surface area contributed by atoms with Gasteiger partial charge >= 0.3 is 0 Å². The Hall–Kier alpha value is -0.480. The normalized spacial score (nSPS) is 15.4. The van der Waals surface area contributed by atoms with Crippen LogP contribution in [-0.4, -0.2) is 19.8 Å². The van der Waals surface area contributed by atoms with Crippen molar-refractivity contribution in [2.24, 2.45) is 0 Å². The van der Waals surface area contributed by atoms with Gasteiger partial charge in [0.15, 0.2) is 0 Å². The molecule has 66 valence electrons. The number of hydrogen-bond donors (Lipinski definition) is 0. The van der Waals surface area contributed by atoms with Crippen molar-refractivity contribution in [3.8, 4) is 0 Å². The van der Waals surface area contributed by atoms with Gasteiger partial charge in [0, 0.05) is 22.0 Å². The Morgan fingerprint density at radius 2 is 1.75 bits per heavy atom. The highest BCUT2D eigenvalue weighted by molar-refractivity contribution is 8.01. The van der Waals surface area contributed by atoms with Gasteiger partial charge in [-0.2, -0.15) is 0 Å². The third-order valence-corrected chi connectivity index (χ3v) is 4.26. The average molecular weight is 202 g/mol. The first-order chi connectivity index (χ1) is 5.70. The second-order valence-corrected chi connectivity index (χ2v) is 5.60. The number of rotatable bonds is 3. The lowest BCUT2D eigenvalue weighted by molar-refractivity contribution is 0.681. The van der Waals surface area contributed by atoms with Crippen molar-refractivity contribution in [1.82, 2.24) is 0 Å². The van der Waals surface area contributed by atoms with Gasteiger partial charge < -0.3 is 0 Å². The quantitative estimate of drug-likeness (QED) is 0.736. The highest BCUT2D eigenvalue weighted by Crippen LogP contribution is 2.05. The third kappa shape index (κ3) is 2.87. The summed E-state index contributed by atoms with van der Waals surface area (Å²) in [6.07, 6.45) is 1.56. The van der Waals surface area contributed by atoms with Crippen molar-refractivity contribution < 1.29 is 8.42 Å². The van der Waals surface area contributed by atoms with Gasteiger partial charge in [0.2, 0.25) is 0 Å². The minimum Gasteiger partial charge on any atom is -0.259 e. The van der Waals surface area contributed by atoms with E-state index in [1.54, 1.807) is 18.4 Å². The molecule has 0 heterocycles. The van der Waals surface area contributed by atoms with E-state index in [1.807, 2.05) is 18.2 Å². The van der Waals surface area contributed by atoms with Gasteiger partial charge in [-0.3, -0.25) is 8.42 Å². The fourth-order valence-corrected chi connectivity index (χ4v) is 3.00. The standard InChI is InChI=1S/C8H10O2S2/c1-11(9)7-12(10)8-5-3-2-4-6-8/h2-6H,7H2,1H3/t11-,12-/m0/s1. The summed E-state index contributed by atoms with van der Waals surface area (Å²) < 4.78 is 22.1. The molecule has 0 saturated heterocycles. The maximum atomic E-state index is 11.4. The molecule has 0 unspecified atom stereocenters. The molecule has 0 N–H and O–H groups in total. The highest BCUT2D eigenvalue weighted by atomic mass is 32.2. The Bertz CT molecular complexity index is 295. The van der Waals surface area contributed by atoms with Crippen LogP contribution in [0.3, 0.4) is 0 Å². The van der Waals surface area contributed by atoms with Crippen LogP contribution < -0.4 is 0 Å². The summed E-state index contributed by atoms with van der Waals surface area (Å²) in [4.78, 5) is 0.743. The molecule has 0 radical (unpaired) electrons. The molecule has 12 heavy (non-hydrogen) atoms. The van der Waals surface area contributed by atoms with Crippen LogP contribution in [0.4, 0.5) is 0 Å². The van der Waals surface area contributed by atoms with Gasteiger partial charge in [-0.25, -0.2) is 0 Å². The van der Waals surface area contributed by atoms with Crippen LogP contribution in [0.1, 0.15) is 0 Å². The molecule has 2 atom stereocenters. The van der Waals surface area contributed by atoms with Crippen molar-refractivity contribution in [2.75, 3.05) is 11.3 Å². The molecular formula is C8H10O2S2. The Kier molecular flexibility index (Phi) is 3.62. The Morgan fingerprint density at radius 1 is 1.17 bits per heavy atom. The maximum absolute atomic E-state index is 11.4. The van der Waals surface area contributed by atoms with E-state index < -0.39 is 21.6 Å². The van der Waals surface area contributed by atoms with Gasteiger partial charge in [0.1, 0.15) is 5.08 Å². The van der Waals surface area contributed by atoms with Crippen molar-refractivity contribution in [3.63, 3.8) is 0 Å². The Labute approximate surface area is 76.9 Å². The molecule has 0 spiro atoms. The second-order valence-electron chi connectivity index (χ2n) is 2.35. The van der Waals surface area contributed by atoms with E-state index >= 15 is 0 Å². The molecule has 0 aliphatic carbocycles. The van der Waals surface area contributed by atoms with E-state index in [4.69, 9.17) is 0 Å². The SMILES string of the molecule is C[S@](=O)C[S@](=O)c1ccccc1. The number of benzene rings is 1. The zero-order valence-electron chi connectivity index (χ0n) is 6.73. The van der Waals surface area contributed by atoms with Crippen LogP contribution in [0.2, 0.25) is 0 Å². The van der Waals surface area contributed by atoms with E-state index in [9.17, 15) is 8.42 Å². The zero-order chi connectivity index (χ0) is 8.97. The van der Waals surface area contributed by atoms with Crippen LogP contribution in [0.15, 0.2) is 35.2 Å². The summed E-state index contributed by atoms with van der Waals surface area (Å²) in [6, 6.07) is 9.08. The fraction of sp³-hybridized carbons (Fsp3) is 0.250. The molecule has 0 fully saturated rings. The molecule has 2 nitrogen and oxygen atoms in total. The lowest BCUT2D eigenvalue weighted by Gasteiger charge is -1.97. The van der Waals surface area contributed by atoms with E-state index in [0.717, 1.165) is 4.90 Å². The third-order valence-electron chi connectivity index (χ3n) is 1.28. The monoisotopic (exact) mass is 202 g/mol. The molecule has 0 amide bonds. The summed E-state index contributed by atoms with van der Waals surface area (Å²) in [7, 11) is -2.11. The maximum Gasteiger partial charge on any atom is 0.104 e. The number of hydrogen-bond acceptors (Lipinski definition) is 2. The van der Waals surface area contributed by atoms with E-state index in [1.165, 1.54) is 0 Å². The topological polar surface area (TPSA) is 34.1 Å². The van der Waals surface area contributed by atoms with E-state index in [0.29, 0.717) is 0 Å². The van der Waals surface area contributed by atoms with Crippen LogP contribution in [0.5, 0.6) is 0 Å². The zero-order valence-corrected chi connectivity index (χ0v) is 8.36. The summed E-state index contributed by atoms with van der Waals surface area (Å²) in [5, 5.41) is 0.226. The lowest BCUT2D eigenvalue weighted by atomic mass is 10.4. The van der Waals surface area contributed by atoms with E-state index in [-0.39, 0.29) is 5.08 Å². The second kappa shape index (κ2) is 4.52. The summed E-state index contributed by atoms with van der Waals surface area (Å²) in [6.45, 7) is 0. The summed E-state index contributed by atoms with van der Waals surface area (Å²) >= 11 is 0. The molecule has 0 aliphatic rings. The Balaban J connectivity index is 2.73. The van der Waals surface area contributed by atoms with Gasteiger partial charge in [-0.15, -0.1) is 0 Å². The van der Waals surface area contributed by atoms with Gasteiger partial charge in [-0.1, -0.05) is 18.2 Å². The Morgan fingerprint density at radius 3 is 2.25 bits per heavy atom. The minimum atomic E-state index is -1.11. The van der Waals surface area contributed by atoms with Crippen LogP contribution in [0, 0.1) is 0 Å². The van der Waals surface area contributed by atoms with Crippen molar-refractivity contribution >= 4 is 21.6 Å². The van der Waals surface area contributed by atoms with E-state index in [2.05, 4.69) is 0 Å². The minimum absolute atomic E-state index is 0.226. The van der Waals surface area contributed by atoms with Crippen LogP contribution in [0.25, 0.3) is 0 Å². The highest BCUT2D eigenvalue weighted by Gasteiger charge is 2.03. The van der Waals surface area contributed by atoms with Crippen molar-refractivity contribution in [2.45, 2.75) is 4.90 Å². The molecule has 1 rings (SSSR count). The lowest BCUT2D eigenvalue weighted by Crippen LogP contribution is -2.02.